The Morgan fingerprint density at radius 2 is 1.70 bits per heavy atom. The molecule has 0 aliphatic carbocycles. The molecule has 0 spiro atoms. The molecule has 3 nitrogen and oxygen atoms in total. The van der Waals surface area contributed by atoms with Gasteiger partial charge < -0.3 is 9.84 Å². The van der Waals surface area contributed by atoms with Crippen LogP contribution < -0.4 is 0 Å². The van der Waals surface area contributed by atoms with Gasteiger partial charge in [-0.25, -0.2) is 4.79 Å². The average Bonchev–Trinajstić information content (AvgIpc) is 2.51. The van der Waals surface area contributed by atoms with Crippen molar-refractivity contribution in [2.75, 3.05) is 0 Å². The minimum absolute atomic E-state index is 0.0801. The number of rotatable bonds is 6. The maximum absolute atomic E-state index is 12.7. The van der Waals surface area contributed by atoms with Crippen LogP contribution in [0.15, 0.2) is 54.6 Å². The molecule has 122 valence electrons. The molecule has 0 amide bonds. The number of ether oxygens (including phenoxy) is 1. The summed E-state index contributed by atoms with van der Waals surface area (Å²) in [6.07, 6.45) is -5.80. The second kappa shape index (κ2) is 7.28. The van der Waals surface area contributed by atoms with E-state index < -0.39 is 23.8 Å². The molecule has 0 fully saturated rings. The average molecular weight is 324 g/mol. The van der Waals surface area contributed by atoms with Crippen molar-refractivity contribution in [1.82, 2.24) is 0 Å². The SMILES string of the molecule is O=C(O)[C@@H](Cc1cccc(C(F)(F)F)c1)OCc1ccccc1. The van der Waals surface area contributed by atoms with Crippen LogP contribution in [0.2, 0.25) is 0 Å². The third kappa shape index (κ3) is 5.10. The van der Waals surface area contributed by atoms with Gasteiger partial charge in [-0.2, -0.15) is 13.2 Å². The highest BCUT2D eigenvalue weighted by atomic mass is 19.4. The summed E-state index contributed by atoms with van der Waals surface area (Å²) in [4.78, 5) is 11.3. The van der Waals surface area contributed by atoms with Crippen molar-refractivity contribution in [3.05, 3.63) is 71.3 Å². The van der Waals surface area contributed by atoms with E-state index in [0.717, 1.165) is 17.7 Å². The first-order valence-electron chi connectivity index (χ1n) is 6.91. The molecule has 23 heavy (non-hydrogen) atoms. The van der Waals surface area contributed by atoms with E-state index in [9.17, 15) is 23.1 Å². The van der Waals surface area contributed by atoms with Gasteiger partial charge in [0.25, 0.3) is 0 Å². The summed E-state index contributed by atoms with van der Waals surface area (Å²) in [5, 5.41) is 9.19. The predicted molar refractivity (Wildman–Crippen MR) is 77.8 cm³/mol. The number of hydrogen-bond donors (Lipinski definition) is 1. The van der Waals surface area contributed by atoms with Gasteiger partial charge in [-0.3, -0.25) is 0 Å². The summed E-state index contributed by atoms with van der Waals surface area (Å²) in [6, 6.07) is 13.6. The first-order chi connectivity index (χ1) is 10.9. The van der Waals surface area contributed by atoms with Gasteiger partial charge in [0, 0.05) is 6.42 Å². The monoisotopic (exact) mass is 324 g/mol. The lowest BCUT2D eigenvalue weighted by molar-refractivity contribution is -0.151. The van der Waals surface area contributed by atoms with Crippen LogP contribution in [-0.4, -0.2) is 17.2 Å². The van der Waals surface area contributed by atoms with Crippen molar-refractivity contribution in [2.24, 2.45) is 0 Å². The third-order valence-corrected chi connectivity index (χ3v) is 3.24. The summed E-state index contributed by atoms with van der Waals surface area (Å²) < 4.78 is 43.4. The first kappa shape index (κ1) is 17.0. The molecule has 0 heterocycles. The molecule has 2 aromatic rings. The van der Waals surface area contributed by atoms with Crippen LogP contribution in [0.3, 0.4) is 0 Å². The van der Waals surface area contributed by atoms with Gasteiger partial charge in [0.15, 0.2) is 6.10 Å². The highest BCUT2D eigenvalue weighted by Crippen LogP contribution is 2.29. The van der Waals surface area contributed by atoms with Crippen molar-refractivity contribution in [2.45, 2.75) is 25.3 Å². The molecule has 0 saturated heterocycles. The Bertz CT molecular complexity index is 654. The minimum atomic E-state index is -4.46. The number of carboxylic acids is 1. The molecule has 0 radical (unpaired) electrons. The van der Waals surface area contributed by atoms with Crippen LogP contribution in [0.1, 0.15) is 16.7 Å². The summed E-state index contributed by atoms with van der Waals surface area (Å²) in [7, 11) is 0. The lowest BCUT2D eigenvalue weighted by Gasteiger charge is -2.15. The van der Waals surface area contributed by atoms with Crippen molar-refractivity contribution in [3.8, 4) is 0 Å². The Balaban J connectivity index is 2.06. The third-order valence-electron chi connectivity index (χ3n) is 3.24. The Labute approximate surface area is 131 Å². The fourth-order valence-electron chi connectivity index (χ4n) is 2.08. The zero-order valence-electron chi connectivity index (χ0n) is 12.1. The molecule has 0 saturated carbocycles. The van der Waals surface area contributed by atoms with E-state index in [1.54, 1.807) is 24.3 Å². The van der Waals surface area contributed by atoms with E-state index in [4.69, 9.17) is 4.74 Å². The van der Waals surface area contributed by atoms with E-state index in [2.05, 4.69) is 0 Å². The summed E-state index contributed by atoms with van der Waals surface area (Å²) >= 11 is 0. The Morgan fingerprint density at radius 1 is 1.04 bits per heavy atom. The first-order valence-corrected chi connectivity index (χ1v) is 6.91. The van der Waals surface area contributed by atoms with Gasteiger partial charge in [-0.05, 0) is 17.2 Å². The van der Waals surface area contributed by atoms with Gasteiger partial charge in [0.2, 0.25) is 0 Å². The number of carbonyl (C=O) groups is 1. The van der Waals surface area contributed by atoms with Crippen molar-refractivity contribution >= 4 is 5.97 Å². The van der Waals surface area contributed by atoms with Crippen LogP contribution in [0, 0.1) is 0 Å². The maximum atomic E-state index is 12.7. The number of halogens is 3. The van der Waals surface area contributed by atoms with Crippen LogP contribution in [0.4, 0.5) is 13.2 Å². The number of hydrogen-bond acceptors (Lipinski definition) is 2. The largest absolute Gasteiger partial charge is 0.479 e. The molecule has 1 atom stereocenters. The van der Waals surface area contributed by atoms with Crippen molar-refractivity contribution < 1.29 is 27.8 Å². The van der Waals surface area contributed by atoms with Crippen LogP contribution in [0.5, 0.6) is 0 Å². The molecule has 0 unspecified atom stereocenters. The van der Waals surface area contributed by atoms with Gasteiger partial charge in [-0.1, -0.05) is 48.5 Å². The second-order valence-electron chi connectivity index (χ2n) is 5.03. The fraction of sp³-hybridized carbons (Fsp3) is 0.235. The summed E-state index contributed by atoms with van der Waals surface area (Å²) in [5.41, 5.74) is 0.255. The van der Waals surface area contributed by atoms with E-state index in [0.29, 0.717) is 0 Å². The van der Waals surface area contributed by atoms with Crippen molar-refractivity contribution in [3.63, 3.8) is 0 Å². The zero-order valence-corrected chi connectivity index (χ0v) is 12.1. The predicted octanol–water partition coefficient (Wildman–Crippen LogP) is 3.92. The standard InChI is InChI=1S/C17H15F3O3/c18-17(19,20)14-8-4-7-13(9-14)10-15(16(21)22)23-11-12-5-2-1-3-6-12/h1-9,15H,10-11H2,(H,21,22)/t15-/m1/s1. The van der Waals surface area contributed by atoms with Gasteiger partial charge in [0.05, 0.1) is 12.2 Å². The smallest absolute Gasteiger partial charge is 0.416 e. The maximum Gasteiger partial charge on any atom is 0.416 e. The molecule has 6 heteroatoms. The summed E-state index contributed by atoms with van der Waals surface area (Å²) in [5.74, 6) is -1.21. The van der Waals surface area contributed by atoms with Crippen LogP contribution >= 0.6 is 0 Å². The van der Waals surface area contributed by atoms with E-state index >= 15 is 0 Å². The lowest BCUT2D eigenvalue weighted by atomic mass is 10.0. The Hall–Kier alpha value is -2.34. The summed E-state index contributed by atoms with van der Waals surface area (Å²) in [6.45, 7) is 0.0801. The molecule has 0 aliphatic rings. The second-order valence-corrected chi connectivity index (χ2v) is 5.03. The molecule has 0 aromatic heterocycles. The van der Waals surface area contributed by atoms with E-state index in [1.807, 2.05) is 6.07 Å². The normalized spacial score (nSPS) is 12.8. The number of alkyl halides is 3. The fourth-order valence-corrected chi connectivity index (χ4v) is 2.08. The lowest BCUT2D eigenvalue weighted by Crippen LogP contribution is -2.26. The Kier molecular flexibility index (Phi) is 5.39. The molecular formula is C17H15F3O3. The van der Waals surface area contributed by atoms with Crippen LogP contribution in [-0.2, 0) is 28.7 Å². The van der Waals surface area contributed by atoms with Gasteiger partial charge in [-0.15, -0.1) is 0 Å². The Morgan fingerprint density at radius 3 is 2.30 bits per heavy atom. The van der Waals surface area contributed by atoms with Gasteiger partial charge in [0.1, 0.15) is 0 Å². The van der Waals surface area contributed by atoms with Crippen molar-refractivity contribution in [1.29, 1.82) is 0 Å². The molecule has 1 N–H and O–H groups in total. The number of carboxylic acid groups (broad SMARTS) is 1. The van der Waals surface area contributed by atoms with Crippen LogP contribution in [0.25, 0.3) is 0 Å². The molecule has 0 bridgehead atoms. The highest BCUT2D eigenvalue weighted by Gasteiger charge is 2.30. The molecular weight excluding hydrogens is 309 g/mol. The topological polar surface area (TPSA) is 46.5 Å². The molecule has 2 aromatic carbocycles. The molecule has 0 aliphatic heterocycles. The highest BCUT2D eigenvalue weighted by molar-refractivity contribution is 5.72. The van der Waals surface area contributed by atoms with E-state index in [-0.39, 0.29) is 18.6 Å². The zero-order chi connectivity index (χ0) is 16.9. The minimum Gasteiger partial charge on any atom is -0.479 e. The molecule has 2 rings (SSSR count). The number of aliphatic carboxylic acids is 1. The quantitative estimate of drug-likeness (QED) is 0.876. The van der Waals surface area contributed by atoms with Gasteiger partial charge >= 0.3 is 12.1 Å². The number of benzene rings is 2. The van der Waals surface area contributed by atoms with E-state index in [1.165, 1.54) is 12.1 Å².